The van der Waals surface area contributed by atoms with Crippen LogP contribution in [0.4, 0.5) is 5.82 Å². The molecule has 0 spiro atoms. The van der Waals surface area contributed by atoms with Crippen molar-refractivity contribution in [2.75, 3.05) is 18.0 Å². The van der Waals surface area contributed by atoms with Gasteiger partial charge in [0.05, 0.1) is 5.39 Å². The van der Waals surface area contributed by atoms with Gasteiger partial charge in [-0.1, -0.05) is 60.9 Å². The van der Waals surface area contributed by atoms with E-state index in [0.29, 0.717) is 0 Å². The van der Waals surface area contributed by atoms with Crippen LogP contribution in [0.25, 0.3) is 27.8 Å². The third-order valence-electron chi connectivity index (χ3n) is 5.87. The maximum Gasteiger partial charge on any atom is 0.150 e. The number of aromatic nitrogens is 3. The molecule has 1 aliphatic rings. The summed E-state index contributed by atoms with van der Waals surface area (Å²) >= 11 is 0. The first-order valence-corrected chi connectivity index (χ1v) is 10.5. The van der Waals surface area contributed by atoms with Gasteiger partial charge in [-0.25, -0.2) is 9.97 Å². The fourth-order valence-electron chi connectivity index (χ4n) is 4.31. The lowest BCUT2D eigenvalue weighted by molar-refractivity contribution is 0.726. The molecule has 2 aromatic heterocycles. The lowest BCUT2D eigenvalue weighted by Gasteiger charge is -2.22. The number of fused-ring (bicyclic) bond motifs is 1. The van der Waals surface area contributed by atoms with Gasteiger partial charge >= 0.3 is 0 Å². The molecule has 0 unspecified atom stereocenters. The highest BCUT2D eigenvalue weighted by Crippen LogP contribution is 2.37. The number of rotatable bonds is 3. The Kier molecular flexibility index (Phi) is 4.76. The van der Waals surface area contributed by atoms with Crippen molar-refractivity contribution in [1.29, 1.82) is 0 Å². The molecule has 4 aromatic rings. The zero-order chi connectivity index (χ0) is 19.6. The normalized spacial score (nSPS) is 14.9. The van der Waals surface area contributed by atoms with Crippen molar-refractivity contribution >= 4 is 16.9 Å². The third-order valence-corrected chi connectivity index (χ3v) is 5.87. The van der Waals surface area contributed by atoms with E-state index in [1.54, 1.807) is 6.33 Å². The molecule has 146 valence electrons. The predicted octanol–water partition coefficient (Wildman–Crippen LogP) is 5.78. The van der Waals surface area contributed by atoms with E-state index in [1.807, 2.05) is 0 Å². The van der Waals surface area contributed by atoms with Crippen molar-refractivity contribution in [2.45, 2.75) is 32.6 Å². The molecule has 0 N–H and O–H groups in total. The lowest BCUT2D eigenvalue weighted by Crippen LogP contribution is -2.25. The molecule has 1 aliphatic heterocycles. The van der Waals surface area contributed by atoms with Crippen LogP contribution in [0.3, 0.4) is 0 Å². The summed E-state index contributed by atoms with van der Waals surface area (Å²) in [5.74, 6) is 1.07. The molecule has 3 heterocycles. The molecule has 0 bridgehead atoms. The molecule has 1 fully saturated rings. The molecule has 0 amide bonds. The fourth-order valence-corrected chi connectivity index (χ4v) is 4.31. The lowest BCUT2D eigenvalue weighted by atomic mass is 10.1. The monoisotopic (exact) mass is 382 g/mol. The van der Waals surface area contributed by atoms with Crippen LogP contribution in [0.15, 0.2) is 67.1 Å². The third kappa shape index (κ3) is 3.39. The molecule has 0 saturated carbocycles. The molecule has 1 saturated heterocycles. The second-order valence-corrected chi connectivity index (χ2v) is 7.91. The Balaban J connectivity index is 1.75. The Bertz CT molecular complexity index is 1100. The first-order valence-electron chi connectivity index (χ1n) is 10.5. The second-order valence-electron chi connectivity index (χ2n) is 7.91. The Morgan fingerprint density at radius 3 is 2.24 bits per heavy atom. The molecule has 2 aromatic carbocycles. The first kappa shape index (κ1) is 17.9. The summed E-state index contributed by atoms with van der Waals surface area (Å²) < 4.78 is 2.21. The van der Waals surface area contributed by atoms with Gasteiger partial charge in [0, 0.05) is 30.5 Å². The molecule has 29 heavy (non-hydrogen) atoms. The van der Waals surface area contributed by atoms with E-state index in [4.69, 9.17) is 9.97 Å². The van der Waals surface area contributed by atoms with Crippen molar-refractivity contribution in [2.24, 2.45) is 0 Å². The quantitative estimate of drug-likeness (QED) is 0.451. The van der Waals surface area contributed by atoms with Crippen molar-refractivity contribution in [3.63, 3.8) is 0 Å². The zero-order valence-corrected chi connectivity index (χ0v) is 16.9. The smallest absolute Gasteiger partial charge is 0.150 e. The topological polar surface area (TPSA) is 34.0 Å². The number of anilines is 1. The SMILES string of the molecule is Cc1ccc(-n2cc(-c3ccccc3)c3c(N4CCCCCC4)ncnc32)cc1. The minimum Gasteiger partial charge on any atom is -0.356 e. The maximum atomic E-state index is 4.78. The molecule has 4 nitrogen and oxygen atoms in total. The number of benzene rings is 2. The van der Waals surface area contributed by atoms with Crippen LogP contribution >= 0.6 is 0 Å². The predicted molar refractivity (Wildman–Crippen MR) is 120 cm³/mol. The van der Waals surface area contributed by atoms with E-state index in [2.05, 4.69) is 77.2 Å². The van der Waals surface area contributed by atoms with E-state index in [9.17, 15) is 0 Å². The summed E-state index contributed by atoms with van der Waals surface area (Å²) in [6.45, 7) is 4.25. The Hall–Kier alpha value is -3.14. The van der Waals surface area contributed by atoms with Crippen molar-refractivity contribution in [3.05, 3.63) is 72.7 Å². The highest BCUT2D eigenvalue weighted by Gasteiger charge is 2.21. The van der Waals surface area contributed by atoms with Crippen LogP contribution in [-0.4, -0.2) is 27.6 Å². The van der Waals surface area contributed by atoms with E-state index < -0.39 is 0 Å². The van der Waals surface area contributed by atoms with Gasteiger partial charge in [0.25, 0.3) is 0 Å². The first-order chi connectivity index (χ1) is 14.3. The number of aryl methyl sites for hydroxylation is 1. The standard InChI is InChI=1S/C25H26N4/c1-19-11-13-21(14-12-19)29-17-22(20-9-5-4-6-10-20)23-24(26-18-27-25(23)29)28-15-7-2-3-8-16-28/h4-6,9-14,17-18H,2-3,7-8,15-16H2,1H3. The van der Waals surface area contributed by atoms with Crippen LogP contribution in [0.2, 0.25) is 0 Å². The Morgan fingerprint density at radius 1 is 0.793 bits per heavy atom. The molecule has 4 heteroatoms. The van der Waals surface area contributed by atoms with Gasteiger partial charge in [0.15, 0.2) is 5.65 Å². The van der Waals surface area contributed by atoms with Crippen LogP contribution in [-0.2, 0) is 0 Å². The van der Waals surface area contributed by atoms with Gasteiger partial charge in [-0.2, -0.15) is 0 Å². The largest absolute Gasteiger partial charge is 0.356 e. The van der Waals surface area contributed by atoms with Crippen LogP contribution < -0.4 is 4.90 Å². The molecule has 0 radical (unpaired) electrons. The van der Waals surface area contributed by atoms with Gasteiger partial charge in [-0.05, 0) is 37.5 Å². The van der Waals surface area contributed by atoms with E-state index >= 15 is 0 Å². The summed E-state index contributed by atoms with van der Waals surface area (Å²) in [7, 11) is 0. The highest BCUT2D eigenvalue weighted by atomic mass is 15.2. The molecule has 5 rings (SSSR count). The zero-order valence-electron chi connectivity index (χ0n) is 16.9. The van der Waals surface area contributed by atoms with Gasteiger partial charge in [0.2, 0.25) is 0 Å². The summed E-state index contributed by atoms with van der Waals surface area (Å²) in [5.41, 5.74) is 5.76. The summed E-state index contributed by atoms with van der Waals surface area (Å²) in [6, 6.07) is 19.2. The van der Waals surface area contributed by atoms with Gasteiger partial charge in [-0.15, -0.1) is 0 Å². The average Bonchev–Trinajstić information content (AvgIpc) is 2.95. The van der Waals surface area contributed by atoms with Crippen molar-refractivity contribution in [1.82, 2.24) is 14.5 Å². The molecular weight excluding hydrogens is 356 g/mol. The maximum absolute atomic E-state index is 4.78. The summed E-state index contributed by atoms with van der Waals surface area (Å²) in [5, 5.41) is 1.15. The minimum atomic E-state index is 0.974. The molecule has 0 atom stereocenters. The van der Waals surface area contributed by atoms with Gasteiger partial charge in [-0.3, -0.25) is 0 Å². The second kappa shape index (κ2) is 7.70. The van der Waals surface area contributed by atoms with Crippen molar-refractivity contribution in [3.8, 4) is 16.8 Å². The Labute approximate surface area is 171 Å². The summed E-state index contributed by atoms with van der Waals surface area (Å²) in [6.07, 6.45) is 9.01. The van der Waals surface area contributed by atoms with Crippen molar-refractivity contribution < 1.29 is 0 Å². The number of nitrogens with zero attached hydrogens (tertiary/aromatic N) is 4. The van der Waals surface area contributed by atoms with Crippen LogP contribution in [0.5, 0.6) is 0 Å². The van der Waals surface area contributed by atoms with Crippen LogP contribution in [0, 0.1) is 6.92 Å². The Morgan fingerprint density at radius 2 is 1.52 bits per heavy atom. The highest BCUT2D eigenvalue weighted by molar-refractivity contribution is 6.02. The van der Waals surface area contributed by atoms with Crippen LogP contribution in [0.1, 0.15) is 31.2 Å². The van der Waals surface area contributed by atoms with E-state index in [0.717, 1.165) is 35.6 Å². The number of hydrogen-bond donors (Lipinski definition) is 0. The fraction of sp³-hybridized carbons (Fsp3) is 0.280. The van der Waals surface area contributed by atoms with Gasteiger partial charge < -0.3 is 9.47 Å². The number of hydrogen-bond acceptors (Lipinski definition) is 3. The van der Waals surface area contributed by atoms with Gasteiger partial charge in [0.1, 0.15) is 12.1 Å². The van der Waals surface area contributed by atoms with E-state index in [1.165, 1.54) is 42.4 Å². The minimum absolute atomic E-state index is 0.974. The van der Waals surface area contributed by atoms with E-state index in [-0.39, 0.29) is 0 Å². The summed E-state index contributed by atoms with van der Waals surface area (Å²) in [4.78, 5) is 12.0. The molecular formula is C25H26N4. The average molecular weight is 383 g/mol. The molecule has 0 aliphatic carbocycles.